The highest BCUT2D eigenvalue weighted by molar-refractivity contribution is 6.30. The van der Waals surface area contributed by atoms with Crippen LogP contribution in [-0.2, 0) is 9.59 Å². The number of rotatable bonds is 8. The lowest BCUT2D eigenvalue weighted by atomic mass is 9.81. The summed E-state index contributed by atoms with van der Waals surface area (Å²) < 4.78 is 0. The summed E-state index contributed by atoms with van der Waals surface area (Å²) in [6.07, 6.45) is 4.00. The van der Waals surface area contributed by atoms with E-state index in [0.29, 0.717) is 22.9 Å². The van der Waals surface area contributed by atoms with Crippen molar-refractivity contribution in [3.63, 3.8) is 0 Å². The van der Waals surface area contributed by atoms with E-state index in [4.69, 9.17) is 11.6 Å². The van der Waals surface area contributed by atoms with Gasteiger partial charge in [-0.15, -0.1) is 0 Å². The fraction of sp³-hybridized carbons (Fsp3) is 0.464. The van der Waals surface area contributed by atoms with Crippen LogP contribution in [0.15, 0.2) is 36.4 Å². The van der Waals surface area contributed by atoms with Crippen LogP contribution in [0.25, 0.3) is 0 Å². The predicted molar refractivity (Wildman–Crippen MR) is 133 cm³/mol. The topological polar surface area (TPSA) is 54.5 Å². The summed E-state index contributed by atoms with van der Waals surface area (Å²) in [5.74, 6) is 0.0168. The Morgan fingerprint density at radius 2 is 1.73 bits per heavy atom. The number of nitrogens with zero attached hydrogens (tertiary/aromatic N) is 1. The number of aryl methyl sites for hydroxylation is 3. The van der Waals surface area contributed by atoms with Crippen molar-refractivity contribution in [1.82, 2.24) is 4.90 Å². The van der Waals surface area contributed by atoms with Crippen LogP contribution in [0.5, 0.6) is 0 Å². The van der Waals surface area contributed by atoms with Gasteiger partial charge >= 0.3 is 0 Å². The van der Waals surface area contributed by atoms with Gasteiger partial charge in [-0.1, -0.05) is 42.3 Å². The lowest BCUT2D eigenvalue weighted by Crippen LogP contribution is -2.38. The summed E-state index contributed by atoms with van der Waals surface area (Å²) in [6.45, 7) is 9.50. The number of carbonyl (C=O) groups excluding carboxylic acids is 3. The van der Waals surface area contributed by atoms with Crippen LogP contribution < -0.4 is 0 Å². The highest BCUT2D eigenvalue weighted by Crippen LogP contribution is 2.30. The number of benzene rings is 2. The molecule has 2 unspecified atom stereocenters. The number of Topliss-reactive ketones (excluding diaryl/α,β-unsaturated/α-hetero) is 1. The first-order valence-corrected chi connectivity index (χ1v) is 12.2. The van der Waals surface area contributed by atoms with Crippen LogP contribution >= 0.6 is 11.6 Å². The molecule has 0 N–H and O–H groups in total. The molecule has 2 atom stereocenters. The van der Waals surface area contributed by atoms with E-state index in [2.05, 4.69) is 6.92 Å². The van der Waals surface area contributed by atoms with Crippen LogP contribution in [0.1, 0.15) is 71.1 Å². The van der Waals surface area contributed by atoms with Crippen molar-refractivity contribution in [1.29, 1.82) is 0 Å². The molecule has 1 aliphatic rings. The average Bonchev–Trinajstić information content (AvgIpc) is 2.76. The maximum atomic E-state index is 13.0. The van der Waals surface area contributed by atoms with Gasteiger partial charge in [0.15, 0.2) is 0 Å². The lowest BCUT2D eigenvalue weighted by molar-refractivity contribution is -0.125. The van der Waals surface area contributed by atoms with E-state index in [0.717, 1.165) is 60.9 Å². The van der Waals surface area contributed by atoms with Gasteiger partial charge < -0.3 is 9.69 Å². The fourth-order valence-corrected chi connectivity index (χ4v) is 5.48. The van der Waals surface area contributed by atoms with E-state index >= 15 is 0 Å². The minimum atomic E-state index is -0.690. The largest absolute Gasteiger partial charge is 0.339 e. The first-order chi connectivity index (χ1) is 15.7. The molecule has 5 heteroatoms. The van der Waals surface area contributed by atoms with Crippen LogP contribution in [0, 0.1) is 32.6 Å². The van der Waals surface area contributed by atoms with Gasteiger partial charge in [-0.3, -0.25) is 9.59 Å². The number of hydrogen-bond acceptors (Lipinski definition) is 3. The van der Waals surface area contributed by atoms with Crippen molar-refractivity contribution in [2.24, 2.45) is 11.8 Å². The summed E-state index contributed by atoms with van der Waals surface area (Å²) in [6, 6.07) is 11.2. The van der Waals surface area contributed by atoms with Crippen LogP contribution in [0.2, 0.25) is 5.02 Å². The molecule has 0 saturated carbocycles. The number of aldehydes is 1. The van der Waals surface area contributed by atoms with Gasteiger partial charge in [0.25, 0.3) is 5.91 Å². The molecule has 0 spiro atoms. The second-order valence-corrected chi connectivity index (χ2v) is 10.1. The third kappa shape index (κ3) is 6.32. The van der Waals surface area contributed by atoms with Crippen LogP contribution in [0.4, 0.5) is 0 Å². The number of amides is 1. The predicted octanol–water partition coefficient (Wildman–Crippen LogP) is 6.09. The molecule has 3 rings (SSSR count). The van der Waals surface area contributed by atoms with Crippen molar-refractivity contribution in [3.05, 3.63) is 69.2 Å². The Hall–Kier alpha value is -2.46. The fourth-order valence-electron chi connectivity index (χ4n) is 5.29. The van der Waals surface area contributed by atoms with E-state index in [1.807, 2.05) is 37.8 Å². The van der Waals surface area contributed by atoms with Gasteiger partial charge in [-0.25, -0.2) is 0 Å². The number of likely N-dealkylation sites (tertiary alicyclic amines) is 1. The maximum absolute atomic E-state index is 13.0. The summed E-state index contributed by atoms with van der Waals surface area (Å²) in [5.41, 5.74) is 4.63. The second kappa shape index (κ2) is 11.1. The zero-order chi connectivity index (χ0) is 24.1. The molecule has 1 amide bonds. The van der Waals surface area contributed by atoms with Crippen molar-refractivity contribution in [3.8, 4) is 0 Å². The highest BCUT2D eigenvalue weighted by Gasteiger charge is 2.28. The van der Waals surface area contributed by atoms with E-state index in [-0.39, 0.29) is 17.6 Å². The normalized spacial score (nSPS) is 16.3. The third-order valence-electron chi connectivity index (χ3n) is 6.79. The van der Waals surface area contributed by atoms with Crippen molar-refractivity contribution in [2.75, 3.05) is 13.1 Å². The zero-order valence-corrected chi connectivity index (χ0v) is 20.8. The number of piperidine rings is 1. The van der Waals surface area contributed by atoms with Crippen molar-refractivity contribution < 1.29 is 14.4 Å². The van der Waals surface area contributed by atoms with Gasteiger partial charge in [-0.2, -0.15) is 0 Å². The summed E-state index contributed by atoms with van der Waals surface area (Å²) >= 11 is 6.03. The Morgan fingerprint density at radius 1 is 1.09 bits per heavy atom. The molecule has 1 saturated heterocycles. The Bertz CT molecular complexity index is 1000. The summed E-state index contributed by atoms with van der Waals surface area (Å²) in [4.78, 5) is 39.6. The summed E-state index contributed by atoms with van der Waals surface area (Å²) in [5, 5.41) is 0.568. The molecular formula is C28H34ClNO3. The van der Waals surface area contributed by atoms with E-state index in [1.165, 1.54) is 0 Å². The molecule has 0 bridgehead atoms. The van der Waals surface area contributed by atoms with Crippen molar-refractivity contribution >= 4 is 29.6 Å². The van der Waals surface area contributed by atoms with Gasteiger partial charge in [0, 0.05) is 30.1 Å². The number of ketones is 1. The molecule has 176 valence electrons. The van der Waals surface area contributed by atoms with Gasteiger partial charge in [0.2, 0.25) is 0 Å². The van der Waals surface area contributed by atoms with Gasteiger partial charge in [-0.05, 0) is 86.8 Å². The average molecular weight is 468 g/mol. The van der Waals surface area contributed by atoms with Gasteiger partial charge in [0.05, 0.1) is 5.92 Å². The Kier molecular flexibility index (Phi) is 8.47. The first kappa shape index (κ1) is 25.2. The minimum absolute atomic E-state index is 0.00104. The number of halogens is 1. The molecule has 4 nitrogen and oxygen atoms in total. The Labute approximate surface area is 202 Å². The van der Waals surface area contributed by atoms with Crippen molar-refractivity contribution in [2.45, 2.75) is 59.3 Å². The standard InChI is InChI=1S/C28H34ClNO3/c1-18-12-20(3)27(21(4)13-18)25(17-31)26(32)15-19(2)14-22-8-10-30(11-9-22)28(33)23-6-5-7-24(29)16-23/h5-7,12-13,16-17,19,22,25H,8-11,14-15H2,1-4H3. The molecule has 0 aromatic heterocycles. The molecule has 1 aliphatic heterocycles. The quantitative estimate of drug-likeness (QED) is 0.349. The molecule has 1 heterocycles. The van der Waals surface area contributed by atoms with Crippen LogP contribution in [0.3, 0.4) is 0 Å². The maximum Gasteiger partial charge on any atom is 0.253 e. The first-order valence-electron chi connectivity index (χ1n) is 11.8. The van der Waals surface area contributed by atoms with E-state index in [9.17, 15) is 14.4 Å². The smallest absolute Gasteiger partial charge is 0.253 e. The lowest BCUT2D eigenvalue weighted by Gasteiger charge is -2.33. The van der Waals surface area contributed by atoms with E-state index < -0.39 is 5.92 Å². The molecule has 33 heavy (non-hydrogen) atoms. The van der Waals surface area contributed by atoms with E-state index in [1.54, 1.807) is 24.3 Å². The summed E-state index contributed by atoms with van der Waals surface area (Å²) in [7, 11) is 0. The second-order valence-electron chi connectivity index (χ2n) is 9.68. The minimum Gasteiger partial charge on any atom is -0.339 e. The monoisotopic (exact) mass is 467 g/mol. The molecule has 0 radical (unpaired) electrons. The SMILES string of the molecule is Cc1cc(C)c(C(C=O)C(=O)CC(C)CC2CCN(C(=O)c3cccc(Cl)c3)CC2)c(C)c1. The number of hydrogen-bond donors (Lipinski definition) is 0. The Morgan fingerprint density at radius 3 is 2.30 bits per heavy atom. The molecule has 2 aromatic rings. The molecular weight excluding hydrogens is 434 g/mol. The molecule has 1 fully saturated rings. The molecule has 0 aliphatic carbocycles. The molecule has 2 aromatic carbocycles. The third-order valence-corrected chi connectivity index (χ3v) is 7.03. The van der Waals surface area contributed by atoms with Gasteiger partial charge in [0.1, 0.15) is 12.1 Å². The number of carbonyl (C=O) groups is 3. The Balaban J connectivity index is 1.54. The van der Waals surface area contributed by atoms with Crippen LogP contribution in [-0.4, -0.2) is 36.0 Å². The highest BCUT2D eigenvalue weighted by atomic mass is 35.5. The zero-order valence-electron chi connectivity index (χ0n) is 20.1.